The Balaban J connectivity index is 1.86. The van der Waals surface area contributed by atoms with E-state index in [0.29, 0.717) is 0 Å². The summed E-state index contributed by atoms with van der Waals surface area (Å²) < 4.78 is 5.94. The number of ether oxygens (including phenoxy) is 1. The van der Waals surface area contributed by atoms with E-state index in [1.165, 1.54) is 64.6 Å². The summed E-state index contributed by atoms with van der Waals surface area (Å²) in [5.74, 6) is 2.64. The Bertz CT molecular complexity index is 294. The highest BCUT2D eigenvalue weighted by atomic mass is 16.5. The molecule has 0 bridgehead atoms. The molecule has 0 aromatic carbocycles. The Hall–Kier alpha value is -0.0800. The van der Waals surface area contributed by atoms with Crippen molar-refractivity contribution in [2.75, 3.05) is 26.2 Å². The van der Waals surface area contributed by atoms with Gasteiger partial charge in [0, 0.05) is 6.61 Å². The summed E-state index contributed by atoms with van der Waals surface area (Å²) >= 11 is 0. The van der Waals surface area contributed by atoms with Gasteiger partial charge in [0.2, 0.25) is 0 Å². The molecule has 0 radical (unpaired) electrons. The van der Waals surface area contributed by atoms with E-state index < -0.39 is 0 Å². The molecule has 2 nitrogen and oxygen atoms in total. The molecule has 21 heavy (non-hydrogen) atoms. The second kappa shape index (κ2) is 7.97. The van der Waals surface area contributed by atoms with Crippen LogP contribution in [0.2, 0.25) is 0 Å². The summed E-state index contributed by atoms with van der Waals surface area (Å²) in [5, 5.41) is 0. The minimum atomic E-state index is 0.104. The monoisotopic (exact) mass is 295 g/mol. The molecule has 0 aromatic rings. The Morgan fingerprint density at radius 2 is 1.81 bits per heavy atom. The fourth-order valence-corrected chi connectivity index (χ4v) is 4.20. The molecule has 2 saturated heterocycles. The standard InChI is InChI=1S/C19H37NO/c1-16(2)7-8-17(9-13-20-11-5-6-12-20)18-10-14-21-19(3,4)15-18/h16-18H,5-15H2,1-4H3/t17-,18+/m1/s1. The third-order valence-corrected chi connectivity index (χ3v) is 5.53. The quantitative estimate of drug-likeness (QED) is 0.673. The van der Waals surface area contributed by atoms with Crippen LogP contribution in [-0.4, -0.2) is 36.7 Å². The number of hydrogen-bond acceptors (Lipinski definition) is 2. The zero-order valence-electron chi connectivity index (χ0n) is 14.9. The van der Waals surface area contributed by atoms with E-state index in [4.69, 9.17) is 4.74 Å². The predicted octanol–water partition coefficient (Wildman–Crippen LogP) is 4.73. The largest absolute Gasteiger partial charge is 0.376 e. The van der Waals surface area contributed by atoms with Crippen molar-refractivity contribution in [2.24, 2.45) is 17.8 Å². The maximum Gasteiger partial charge on any atom is 0.0629 e. The Kier molecular flexibility index (Phi) is 6.55. The first-order valence-corrected chi connectivity index (χ1v) is 9.32. The van der Waals surface area contributed by atoms with Gasteiger partial charge in [-0.05, 0) is 89.8 Å². The van der Waals surface area contributed by atoms with Gasteiger partial charge in [-0.1, -0.05) is 20.3 Å². The van der Waals surface area contributed by atoms with Crippen LogP contribution in [0, 0.1) is 17.8 Å². The SMILES string of the molecule is CC(C)CC[C@H](CCN1CCCC1)[C@H]1CCOC(C)(C)C1. The highest BCUT2D eigenvalue weighted by molar-refractivity contribution is 4.84. The first kappa shape index (κ1) is 17.3. The van der Waals surface area contributed by atoms with E-state index in [0.717, 1.165) is 24.4 Å². The van der Waals surface area contributed by atoms with E-state index >= 15 is 0 Å². The summed E-state index contributed by atoms with van der Waals surface area (Å²) in [4.78, 5) is 2.69. The Morgan fingerprint density at radius 3 is 2.43 bits per heavy atom. The zero-order chi connectivity index (χ0) is 15.3. The molecule has 0 N–H and O–H groups in total. The highest BCUT2D eigenvalue weighted by Crippen LogP contribution is 2.37. The van der Waals surface area contributed by atoms with Crippen molar-refractivity contribution in [1.29, 1.82) is 0 Å². The van der Waals surface area contributed by atoms with Crippen LogP contribution in [-0.2, 0) is 4.74 Å². The van der Waals surface area contributed by atoms with Crippen molar-refractivity contribution < 1.29 is 4.74 Å². The maximum absolute atomic E-state index is 5.94. The van der Waals surface area contributed by atoms with Crippen molar-refractivity contribution in [1.82, 2.24) is 4.90 Å². The normalized spacial score (nSPS) is 28.1. The van der Waals surface area contributed by atoms with Gasteiger partial charge in [0.05, 0.1) is 5.60 Å². The van der Waals surface area contributed by atoms with Gasteiger partial charge in [0.25, 0.3) is 0 Å². The van der Waals surface area contributed by atoms with Crippen molar-refractivity contribution in [3.8, 4) is 0 Å². The molecule has 124 valence electrons. The first-order chi connectivity index (χ1) is 9.96. The molecule has 0 amide bonds. The molecule has 0 saturated carbocycles. The van der Waals surface area contributed by atoms with Crippen molar-refractivity contribution in [3.05, 3.63) is 0 Å². The summed E-state index contributed by atoms with van der Waals surface area (Å²) in [6.07, 6.45) is 9.60. The molecule has 2 heteroatoms. The Labute approximate surface area is 132 Å². The molecule has 2 rings (SSSR count). The summed E-state index contributed by atoms with van der Waals surface area (Å²) in [6.45, 7) is 14.3. The third-order valence-electron chi connectivity index (χ3n) is 5.53. The van der Waals surface area contributed by atoms with Crippen LogP contribution in [0.5, 0.6) is 0 Å². The third kappa shape index (κ3) is 5.90. The van der Waals surface area contributed by atoms with Crippen molar-refractivity contribution >= 4 is 0 Å². The molecule has 2 aliphatic heterocycles. The molecular formula is C19H37NO. The van der Waals surface area contributed by atoms with Crippen LogP contribution in [0.3, 0.4) is 0 Å². The lowest BCUT2D eigenvalue weighted by molar-refractivity contribution is -0.0844. The van der Waals surface area contributed by atoms with E-state index in [1.54, 1.807) is 0 Å². The lowest BCUT2D eigenvalue weighted by Gasteiger charge is -2.40. The van der Waals surface area contributed by atoms with E-state index in [1.807, 2.05) is 0 Å². The molecule has 0 spiro atoms. The van der Waals surface area contributed by atoms with Gasteiger partial charge in [-0.15, -0.1) is 0 Å². The summed E-state index contributed by atoms with van der Waals surface area (Å²) in [6, 6.07) is 0. The van der Waals surface area contributed by atoms with E-state index in [9.17, 15) is 0 Å². The first-order valence-electron chi connectivity index (χ1n) is 9.32. The van der Waals surface area contributed by atoms with Crippen molar-refractivity contribution in [3.63, 3.8) is 0 Å². The van der Waals surface area contributed by atoms with Crippen LogP contribution < -0.4 is 0 Å². The maximum atomic E-state index is 5.94. The van der Waals surface area contributed by atoms with Gasteiger partial charge >= 0.3 is 0 Å². The lowest BCUT2D eigenvalue weighted by atomic mass is 9.75. The molecule has 2 aliphatic rings. The molecule has 2 atom stereocenters. The zero-order valence-corrected chi connectivity index (χ0v) is 14.9. The molecule has 0 aromatic heterocycles. The Morgan fingerprint density at radius 1 is 1.10 bits per heavy atom. The molecule has 0 aliphatic carbocycles. The summed E-state index contributed by atoms with van der Waals surface area (Å²) in [5.41, 5.74) is 0.104. The molecule has 2 fully saturated rings. The van der Waals surface area contributed by atoms with Gasteiger partial charge in [0.15, 0.2) is 0 Å². The molecule has 0 unspecified atom stereocenters. The van der Waals surface area contributed by atoms with Crippen LogP contribution in [0.15, 0.2) is 0 Å². The smallest absolute Gasteiger partial charge is 0.0629 e. The van der Waals surface area contributed by atoms with Crippen molar-refractivity contribution in [2.45, 2.75) is 78.2 Å². The van der Waals surface area contributed by atoms with Gasteiger partial charge in [-0.25, -0.2) is 0 Å². The lowest BCUT2D eigenvalue weighted by Crippen LogP contribution is -2.37. The summed E-state index contributed by atoms with van der Waals surface area (Å²) in [7, 11) is 0. The number of nitrogens with zero attached hydrogens (tertiary/aromatic N) is 1. The minimum absolute atomic E-state index is 0.104. The van der Waals surface area contributed by atoms with Crippen LogP contribution in [0.25, 0.3) is 0 Å². The van der Waals surface area contributed by atoms with Gasteiger partial charge in [-0.2, -0.15) is 0 Å². The van der Waals surface area contributed by atoms with Gasteiger partial charge in [-0.3, -0.25) is 0 Å². The number of likely N-dealkylation sites (tertiary alicyclic amines) is 1. The van der Waals surface area contributed by atoms with Gasteiger partial charge in [0.1, 0.15) is 0 Å². The second-order valence-corrected chi connectivity index (χ2v) is 8.43. The molecule has 2 heterocycles. The van der Waals surface area contributed by atoms with Crippen LogP contribution in [0.1, 0.15) is 72.6 Å². The predicted molar refractivity (Wildman–Crippen MR) is 90.6 cm³/mol. The topological polar surface area (TPSA) is 12.5 Å². The number of rotatable bonds is 7. The minimum Gasteiger partial charge on any atom is -0.376 e. The highest BCUT2D eigenvalue weighted by Gasteiger charge is 2.33. The van der Waals surface area contributed by atoms with Gasteiger partial charge < -0.3 is 9.64 Å². The average molecular weight is 296 g/mol. The number of hydrogen-bond donors (Lipinski definition) is 0. The van der Waals surface area contributed by atoms with E-state index in [-0.39, 0.29) is 5.60 Å². The fourth-order valence-electron chi connectivity index (χ4n) is 4.20. The van der Waals surface area contributed by atoms with E-state index in [2.05, 4.69) is 32.6 Å². The fraction of sp³-hybridized carbons (Fsp3) is 1.00. The van der Waals surface area contributed by atoms with Crippen LogP contribution in [0.4, 0.5) is 0 Å². The van der Waals surface area contributed by atoms with Crippen LogP contribution >= 0.6 is 0 Å². The average Bonchev–Trinajstić information content (AvgIpc) is 2.90. The molecular weight excluding hydrogens is 258 g/mol. The second-order valence-electron chi connectivity index (χ2n) is 8.43.